The number of hydrogen-bond donors (Lipinski definition) is 4. The van der Waals surface area contributed by atoms with Crippen LogP contribution in [0, 0.1) is 27.3 Å². The fourth-order valence-electron chi connectivity index (χ4n) is 12.7. The van der Waals surface area contributed by atoms with Crippen molar-refractivity contribution in [2.24, 2.45) is 11.3 Å². The molecule has 0 radical (unpaired) electrons. The molecular formula is C59H69FN8O8S. The number of nitro groups is 1. The van der Waals surface area contributed by atoms with E-state index in [1.165, 1.54) is 58.9 Å². The van der Waals surface area contributed by atoms with Gasteiger partial charge in [-0.1, -0.05) is 62.4 Å². The number of H-pyrrole nitrogens is 1. The van der Waals surface area contributed by atoms with E-state index in [4.69, 9.17) is 9.47 Å². The lowest BCUT2D eigenvalue weighted by Crippen LogP contribution is -2.68. The highest BCUT2D eigenvalue weighted by Crippen LogP contribution is 2.54. The normalized spacial score (nSPS) is 22.4. The number of nitrogens with zero attached hydrogens (tertiary/aromatic N) is 5. The first-order chi connectivity index (χ1) is 37.0. The van der Waals surface area contributed by atoms with Gasteiger partial charge >= 0.3 is 0 Å². The molecular weight excluding hydrogens is 1000 g/mol. The molecule has 406 valence electrons. The highest BCUT2D eigenvalue weighted by atomic mass is 32.2. The molecule has 11 rings (SSSR count). The number of pyridine rings is 1. The predicted molar refractivity (Wildman–Crippen MR) is 294 cm³/mol. The van der Waals surface area contributed by atoms with Gasteiger partial charge in [0.25, 0.3) is 21.6 Å². The molecule has 16 nitrogen and oxygen atoms in total. The smallest absolute Gasteiger partial charge is 0.293 e. The number of carbonyl (C=O) groups excluding carboxylic acids is 1. The van der Waals surface area contributed by atoms with Crippen LogP contribution >= 0.6 is 0 Å². The summed E-state index contributed by atoms with van der Waals surface area (Å²) in [6.07, 6.45) is 9.56. The molecule has 4 N–H and O–H groups in total. The van der Waals surface area contributed by atoms with Gasteiger partial charge in [0.2, 0.25) is 0 Å². The molecule has 1 spiro atoms. The maximum atomic E-state index is 14.7. The van der Waals surface area contributed by atoms with Crippen LogP contribution in [0.2, 0.25) is 0 Å². The Labute approximate surface area is 449 Å². The molecule has 5 fully saturated rings. The Hall–Kier alpha value is -6.44. The number of piperazine rings is 1. The van der Waals surface area contributed by atoms with E-state index in [-0.39, 0.29) is 45.5 Å². The number of nitrogens with one attached hydrogen (secondary N) is 3. The summed E-state index contributed by atoms with van der Waals surface area (Å²) in [4.78, 5) is 39.9. The number of nitro benzene ring substituents is 1. The minimum Gasteiger partial charge on any atom is -0.455 e. The average molecular weight is 1070 g/mol. The summed E-state index contributed by atoms with van der Waals surface area (Å²) >= 11 is 0. The number of ether oxygens (including phenoxy) is 2. The third-order valence-electron chi connectivity index (χ3n) is 17.1. The largest absolute Gasteiger partial charge is 0.455 e. The maximum absolute atomic E-state index is 14.7. The third-order valence-corrected chi connectivity index (χ3v) is 18.5. The lowest BCUT2D eigenvalue weighted by molar-refractivity contribution is -0.384. The van der Waals surface area contributed by atoms with Gasteiger partial charge in [-0.15, -0.1) is 0 Å². The molecule has 4 aromatic carbocycles. The Kier molecular flexibility index (Phi) is 14.6. The van der Waals surface area contributed by atoms with Crippen LogP contribution in [-0.2, 0) is 21.3 Å². The predicted octanol–water partition coefficient (Wildman–Crippen LogP) is 10.4. The summed E-state index contributed by atoms with van der Waals surface area (Å²) < 4.78 is 56.5. The van der Waals surface area contributed by atoms with Crippen molar-refractivity contribution >= 4 is 44.0 Å². The van der Waals surface area contributed by atoms with Crippen LogP contribution in [0.3, 0.4) is 0 Å². The fourth-order valence-corrected chi connectivity index (χ4v) is 13.7. The number of aromatic amines is 1. The van der Waals surface area contributed by atoms with Crippen molar-refractivity contribution in [2.75, 3.05) is 62.7 Å². The Morgan fingerprint density at radius 2 is 1.74 bits per heavy atom. The summed E-state index contributed by atoms with van der Waals surface area (Å²) in [5.74, 6) is -0.270. The van der Waals surface area contributed by atoms with Crippen LogP contribution in [0.4, 0.5) is 21.5 Å². The van der Waals surface area contributed by atoms with E-state index < -0.39 is 42.9 Å². The first-order valence-electron chi connectivity index (χ1n) is 27.2. The fraction of sp³-hybridized carbons (Fsp3) is 0.458. The molecule has 2 aromatic heterocycles. The summed E-state index contributed by atoms with van der Waals surface area (Å²) in [5, 5.41) is 25.9. The van der Waals surface area contributed by atoms with Gasteiger partial charge in [0.05, 0.1) is 32.6 Å². The van der Waals surface area contributed by atoms with E-state index in [0.717, 1.165) is 103 Å². The highest BCUT2D eigenvalue weighted by Gasteiger charge is 2.55. The van der Waals surface area contributed by atoms with E-state index in [1.54, 1.807) is 19.1 Å². The Balaban J connectivity index is 0.783. The van der Waals surface area contributed by atoms with Crippen molar-refractivity contribution in [1.82, 2.24) is 24.5 Å². The molecule has 1 atom stereocenters. The third kappa shape index (κ3) is 11.3. The molecule has 3 saturated heterocycles. The standard InChI is InChI=1S/C59H69FN8O8S/c1-38(2)47-6-4-5-7-48(47)54-35-65(34-40-8-10-41(11-9-40)42-18-24-75-25-19-42)22-23-67(54)44-29-59(30-44)36-66(37-59)43-12-14-49(55(26-43)76-45-27-50-51(60)33-63-56(50)62-32-45)57(69)64-77(73,74)46-13-15-52(53(28-46)68(71)72)61-31-39-16-20-58(3,70)21-17-39/h4-15,26-28,32-33,38-39,42,44,54,61,70H,16-25,29-31,34-37H2,1-3H3,(H,62,63)(H,64,69)/t39?,54-,58?/m0/s1. The summed E-state index contributed by atoms with van der Waals surface area (Å²) in [6.45, 7) is 13.8. The molecule has 0 bridgehead atoms. The number of hydrogen-bond acceptors (Lipinski definition) is 13. The van der Waals surface area contributed by atoms with Gasteiger partial charge in [-0.3, -0.25) is 24.7 Å². The quantitative estimate of drug-likeness (QED) is 0.0529. The Morgan fingerprint density at radius 1 is 0.987 bits per heavy atom. The first-order valence-corrected chi connectivity index (χ1v) is 28.7. The number of fused-ring (bicyclic) bond motifs is 1. The van der Waals surface area contributed by atoms with Crippen LogP contribution < -0.4 is 19.7 Å². The lowest BCUT2D eigenvalue weighted by Gasteiger charge is -2.63. The van der Waals surface area contributed by atoms with Gasteiger partial charge in [-0.05, 0) is 129 Å². The second-order valence-corrected chi connectivity index (χ2v) is 24.7. The zero-order chi connectivity index (χ0) is 53.6. The highest BCUT2D eigenvalue weighted by molar-refractivity contribution is 7.90. The van der Waals surface area contributed by atoms with E-state index in [9.17, 15) is 32.8 Å². The number of rotatable bonds is 16. The molecule has 18 heteroatoms. The number of aromatic nitrogens is 2. The van der Waals surface area contributed by atoms with Crippen molar-refractivity contribution < 1.29 is 37.1 Å². The van der Waals surface area contributed by atoms with Gasteiger partial charge in [0.1, 0.15) is 28.7 Å². The number of anilines is 2. The topological polar surface area (TPSA) is 195 Å². The van der Waals surface area contributed by atoms with Crippen molar-refractivity contribution in [3.05, 3.63) is 147 Å². The second kappa shape index (κ2) is 21.4. The number of sulfonamides is 1. The molecule has 5 heterocycles. The number of aliphatic hydroxyl groups is 1. The number of halogens is 1. The molecule has 5 aliphatic rings. The molecule has 77 heavy (non-hydrogen) atoms. The number of benzene rings is 4. The van der Waals surface area contributed by atoms with Gasteiger partial charge in [0.15, 0.2) is 0 Å². The molecule has 2 saturated carbocycles. The van der Waals surface area contributed by atoms with Crippen molar-refractivity contribution in [2.45, 2.75) is 113 Å². The summed E-state index contributed by atoms with van der Waals surface area (Å²) in [5.41, 5.74) is 5.57. The van der Waals surface area contributed by atoms with Crippen molar-refractivity contribution in [1.29, 1.82) is 0 Å². The molecule has 3 aliphatic heterocycles. The van der Waals surface area contributed by atoms with Crippen LogP contribution in [0.25, 0.3) is 11.0 Å². The van der Waals surface area contributed by atoms with E-state index in [2.05, 4.69) is 97.1 Å². The Bertz CT molecular complexity index is 3250. The first kappa shape index (κ1) is 52.6. The number of carbonyl (C=O) groups is 1. The molecule has 6 aromatic rings. The van der Waals surface area contributed by atoms with E-state index in [1.807, 2.05) is 0 Å². The van der Waals surface area contributed by atoms with Crippen LogP contribution in [0.5, 0.6) is 11.5 Å². The average Bonchev–Trinajstić information content (AvgIpc) is 3.90. The van der Waals surface area contributed by atoms with Gasteiger partial charge < -0.3 is 29.8 Å². The monoisotopic (exact) mass is 1070 g/mol. The molecule has 1 amide bonds. The van der Waals surface area contributed by atoms with E-state index in [0.29, 0.717) is 42.9 Å². The summed E-state index contributed by atoms with van der Waals surface area (Å²) in [6, 6.07) is 28.8. The van der Waals surface area contributed by atoms with Crippen LogP contribution in [0.15, 0.2) is 108 Å². The minimum atomic E-state index is -4.64. The maximum Gasteiger partial charge on any atom is 0.293 e. The van der Waals surface area contributed by atoms with Gasteiger partial charge in [-0.25, -0.2) is 22.5 Å². The van der Waals surface area contributed by atoms with E-state index >= 15 is 0 Å². The molecule has 2 aliphatic carbocycles. The number of amides is 1. The van der Waals surface area contributed by atoms with Gasteiger partial charge in [0, 0.05) is 101 Å². The second-order valence-electron chi connectivity index (χ2n) is 23.0. The van der Waals surface area contributed by atoms with Crippen molar-refractivity contribution in [3.8, 4) is 11.5 Å². The zero-order valence-electron chi connectivity index (χ0n) is 44.0. The van der Waals surface area contributed by atoms with Crippen LogP contribution in [-0.4, -0.2) is 108 Å². The molecule has 0 unspecified atom stereocenters. The lowest BCUT2D eigenvalue weighted by atomic mass is 9.59. The van der Waals surface area contributed by atoms with Crippen LogP contribution in [0.1, 0.15) is 123 Å². The SMILES string of the molecule is CC(C)c1ccccc1[C@@H]1CN(Cc2ccc(C3CCOCC3)cc2)CCN1C1CC2(C1)CN(c1ccc(C(=O)NS(=O)(=O)c3ccc(NCC4CCC(C)(O)CC4)c([N+](=O)[O-])c3)c(Oc3cnc4[nH]cc(F)c4c3)c1)C2. The summed E-state index contributed by atoms with van der Waals surface area (Å²) in [7, 11) is -4.64. The Morgan fingerprint density at radius 3 is 2.48 bits per heavy atom. The van der Waals surface area contributed by atoms with Crippen molar-refractivity contribution in [3.63, 3.8) is 0 Å². The van der Waals surface area contributed by atoms with Gasteiger partial charge in [-0.2, -0.15) is 0 Å². The zero-order valence-corrected chi connectivity index (χ0v) is 44.9. The minimum absolute atomic E-state index is 0.0225.